The molecule has 2 amide bonds. The Balaban J connectivity index is 1.93. The SMILES string of the molecule is CC(NC(=O)N(C)C(C)c1ccc(Cl)cc1)C1CCCO1. The topological polar surface area (TPSA) is 41.6 Å². The van der Waals surface area contributed by atoms with Gasteiger partial charge in [0.1, 0.15) is 0 Å². The number of hydrogen-bond donors (Lipinski definition) is 1. The molecular formula is C16H23ClN2O2. The zero-order valence-corrected chi connectivity index (χ0v) is 13.6. The van der Waals surface area contributed by atoms with E-state index in [0.29, 0.717) is 5.02 Å². The largest absolute Gasteiger partial charge is 0.376 e. The predicted octanol–water partition coefficient (Wildman–Crippen LogP) is 3.61. The molecule has 1 aliphatic rings. The number of amides is 2. The summed E-state index contributed by atoms with van der Waals surface area (Å²) in [6.45, 7) is 4.79. The van der Waals surface area contributed by atoms with Crippen LogP contribution in [0.15, 0.2) is 24.3 Å². The number of ether oxygens (including phenoxy) is 1. The van der Waals surface area contributed by atoms with Gasteiger partial charge in [-0.15, -0.1) is 0 Å². The summed E-state index contributed by atoms with van der Waals surface area (Å²) in [6, 6.07) is 7.50. The number of nitrogens with one attached hydrogen (secondary N) is 1. The molecule has 3 unspecified atom stereocenters. The number of carbonyl (C=O) groups excluding carboxylic acids is 1. The molecule has 2 rings (SSSR count). The molecule has 1 aromatic rings. The predicted molar refractivity (Wildman–Crippen MR) is 84.6 cm³/mol. The Labute approximate surface area is 131 Å². The Morgan fingerprint density at radius 3 is 2.62 bits per heavy atom. The number of halogens is 1. The molecule has 0 bridgehead atoms. The first kappa shape index (κ1) is 16.1. The van der Waals surface area contributed by atoms with E-state index >= 15 is 0 Å². The van der Waals surface area contributed by atoms with Crippen molar-refractivity contribution in [1.29, 1.82) is 0 Å². The van der Waals surface area contributed by atoms with Crippen molar-refractivity contribution in [2.45, 2.75) is 44.9 Å². The molecule has 1 fully saturated rings. The van der Waals surface area contributed by atoms with Crippen LogP contribution in [0.5, 0.6) is 0 Å². The summed E-state index contributed by atoms with van der Waals surface area (Å²) < 4.78 is 5.61. The van der Waals surface area contributed by atoms with Crippen LogP contribution < -0.4 is 5.32 Å². The van der Waals surface area contributed by atoms with Crippen LogP contribution in [0.2, 0.25) is 5.02 Å². The Bertz CT molecular complexity index is 472. The van der Waals surface area contributed by atoms with Gasteiger partial charge in [-0.2, -0.15) is 0 Å². The van der Waals surface area contributed by atoms with Crippen molar-refractivity contribution in [1.82, 2.24) is 10.2 Å². The van der Waals surface area contributed by atoms with Gasteiger partial charge in [0, 0.05) is 18.7 Å². The quantitative estimate of drug-likeness (QED) is 0.923. The first-order valence-electron chi connectivity index (χ1n) is 7.39. The van der Waals surface area contributed by atoms with Crippen molar-refractivity contribution in [3.8, 4) is 0 Å². The zero-order chi connectivity index (χ0) is 15.4. The van der Waals surface area contributed by atoms with Gasteiger partial charge in [-0.05, 0) is 44.4 Å². The molecule has 5 heteroatoms. The van der Waals surface area contributed by atoms with Gasteiger partial charge in [0.05, 0.1) is 18.2 Å². The van der Waals surface area contributed by atoms with E-state index in [4.69, 9.17) is 16.3 Å². The molecule has 1 N–H and O–H groups in total. The Morgan fingerprint density at radius 1 is 1.38 bits per heavy atom. The van der Waals surface area contributed by atoms with Crippen LogP contribution in [0, 0.1) is 0 Å². The molecule has 21 heavy (non-hydrogen) atoms. The van der Waals surface area contributed by atoms with Gasteiger partial charge in [-0.25, -0.2) is 4.79 Å². The summed E-state index contributed by atoms with van der Waals surface area (Å²) in [4.78, 5) is 14.0. The summed E-state index contributed by atoms with van der Waals surface area (Å²) in [6.07, 6.45) is 2.22. The van der Waals surface area contributed by atoms with Crippen LogP contribution in [0.25, 0.3) is 0 Å². The fourth-order valence-corrected chi connectivity index (χ4v) is 2.65. The Kier molecular flexibility index (Phi) is 5.48. The van der Waals surface area contributed by atoms with Crippen molar-refractivity contribution in [2.24, 2.45) is 0 Å². The Hall–Kier alpha value is -1.26. The first-order chi connectivity index (χ1) is 9.99. The van der Waals surface area contributed by atoms with E-state index in [1.807, 2.05) is 38.1 Å². The summed E-state index contributed by atoms with van der Waals surface area (Å²) in [5.74, 6) is 0. The number of hydrogen-bond acceptors (Lipinski definition) is 2. The molecule has 0 radical (unpaired) electrons. The molecule has 1 aliphatic heterocycles. The second kappa shape index (κ2) is 7.14. The second-order valence-electron chi connectivity index (χ2n) is 5.63. The summed E-state index contributed by atoms with van der Waals surface area (Å²) in [5.41, 5.74) is 1.06. The maximum absolute atomic E-state index is 12.3. The minimum Gasteiger partial charge on any atom is -0.376 e. The minimum absolute atomic E-state index is 0.0148. The highest BCUT2D eigenvalue weighted by Gasteiger charge is 2.26. The van der Waals surface area contributed by atoms with E-state index in [-0.39, 0.29) is 24.2 Å². The number of rotatable bonds is 4. The van der Waals surface area contributed by atoms with E-state index in [1.165, 1.54) is 0 Å². The highest BCUT2D eigenvalue weighted by Crippen LogP contribution is 2.21. The van der Waals surface area contributed by atoms with E-state index in [9.17, 15) is 4.79 Å². The molecule has 4 nitrogen and oxygen atoms in total. The molecular weight excluding hydrogens is 288 g/mol. The third kappa shape index (κ3) is 4.11. The first-order valence-corrected chi connectivity index (χ1v) is 7.77. The maximum atomic E-state index is 12.3. The highest BCUT2D eigenvalue weighted by molar-refractivity contribution is 6.30. The van der Waals surface area contributed by atoms with Crippen molar-refractivity contribution in [3.05, 3.63) is 34.9 Å². The van der Waals surface area contributed by atoms with Crippen LogP contribution in [0.4, 0.5) is 4.79 Å². The molecule has 1 heterocycles. The normalized spacial score (nSPS) is 20.9. The molecule has 0 aliphatic carbocycles. The van der Waals surface area contributed by atoms with Gasteiger partial charge in [-0.1, -0.05) is 23.7 Å². The number of benzene rings is 1. The van der Waals surface area contributed by atoms with Crippen molar-refractivity contribution in [3.63, 3.8) is 0 Å². The number of carbonyl (C=O) groups is 1. The molecule has 0 spiro atoms. The monoisotopic (exact) mass is 310 g/mol. The van der Waals surface area contributed by atoms with Crippen molar-refractivity contribution < 1.29 is 9.53 Å². The van der Waals surface area contributed by atoms with Crippen molar-refractivity contribution in [2.75, 3.05) is 13.7 Å². The van der Waals surface area contributed by atoms with E-state index in [1.54, 1.807) is 11.9 Å². The minimum atomic E-state index is -0.0829. The highest BCUT2D eigenvalue weighted by atomic mass is 35.5. The smallest absolute Gasteiger partial charge is 0.317 e. The van der Waals surface area contributed by atoms with Crippen LogP contribution in [0.1, 0.15) is 38.3 Å². The molecule has 0 saturated carbocycles. The van der Waals surface area contributed by atoms with Crippen LogP contribution in [-0.4, -0.2) is 36.7 Å². The summed E-state index contributed by atoms with van der Waals surface area (Å²) in [5, 5.41) is 3.72. The molecule has 116 valence electrons. The van der Waals surface area contributed by atoms with Crippen LogP contribution >= 0.6 is 11.6 Å². The maximum Gasteiger partial charge on any atom is 0.317 e. The van der Waals surface area contributed by atoms with Gasteiger partial charge in [0.2, 0.25) is 0 Å². The van der Waals surface area contributed by atoms with Gasteiger partial charge in [0.15, 0.2) is 0 Å². The Morgan fingerprint density at radius 2 is 2.05 bits per heavy atom. The standard InChI is InChI=1S/C16H23ClN2O2/c1-11(15-5-4-10-21-15)18-16(20)19(3)12(2)13-6-8-14(17)9-7-13/h6-9,11-12,15H,4-5,10H2,1-3H3,(H,18,20). The fourth-order valence-electron chi connectivity index (χ4n) is 2.53. The lowest BCUT2D eigenvalue weighted by Crippen LogP contribution is -2.47. The molecule has 0 aromatic heterocycles. The van der Waals surface area contributed by atoms with Gasteiger partial charge in [0.25, 0.3) is 0 Å². The lowest BCUT2D eigenvalue weighted by Gasteiger charge is -2.28. The molecule has 1 aromatic carbocycles. The third-order valence-corrected chi connectivity index (χ3v) is 4.38. The van der Waals surface area contributed by atoms with Gasteiger partial charge < -0.3 is 15.0 Å². The van der Waals surface area contributed by atoms with Crippen LogP contribution in [-0.2, 0) is 4.74 Å². The zero-order valence-electron chi connectivity index (χ0n) is 12.8. The molecule has 1 saturated heterocycles. The summed E-state index contributed by atoms with van der Waals surface area (Å²) in [7, 11) is 1.80. The van der Waals surface area contributed by atoms with Gasteiger partial charge in [-0.3, -0.25) is 0 Å². The third-order valence-electron chi connectivity index (χ3n) is 4.13. The van der Waals surface area contributed by atoms with E-state index in [2.05, 4.69) is 5.32 Å². The lowest BCUT2D eigenvalue weighted by molar-refractivity contribution is 0.0830. The lowest BCUT2D eigenvalue weighted by atomic mass is 10.1. The average Bonchev–Trinajstić information content (AvgIpc) is 3.00. The van der Waals surface area contributed by atoms with Gasteiger partial charge >= 0.3 is 6.03 Å². The average molecular weight is 311 g/mol. The fraction of sp³-hybridized carbons (Fsp3) is 0.562. The second-order valence-corrected chi connectivity index (χ2v) is 6.06. The van der Waals surface area contributed by atoms with Crippen LogP contribution in [0.3, 0.4) is 0 Å². The van der Waals surface area contributed by atoms with E-state index < -0.39 is 0 Å². The van der Waals surface area contributed by atoms with Crippen molar-refractivity contribution >= 4 is 17.6 Å². The number of nitrogens with zero attached hydrogens (tertiary/aromatic N) is 1. The van der Waals surface area contributed by atoms with E-state index in [0.717, 1.165) is 25.0 Å². The molecule has 3 atom stereocenters. The summed E-state index contributed by atoms with van der Waals surface area (Å²) >= 11 is 5.89. The number of urea groups is 1.